The smallest absolute Gasteiger partial charge is 0.265 e. The van der Waals surface area contributed by atoms with E-state index in [1.54, 1.807) is 48.9 Å². The standard InChI is InChI=1S/C22H21FN4O3S2/c1-13(2)26-32(29,30)18-10-6-16(7-11-18)24-21(28)20-12-19-14(3)25-27(22(19)31-20)17-8-4-15(23)5-9-17/h4-13,26H,1-3H3,(H,24,28). The van der Waals surface area contributed by atoms with Crippen LogP contribution >= 0.6 is 11.3 Å². The fourth-order valence-electron chi connectivity index (χ4n) is 3.20. The molecule has 4 rings (SSSR count). The van der Waals surface area contributed by atoms with Crippen LogP contribution in [0.2, 0.25) is 0 Å². The van der Waals surface area contributed by atoms with Gasteiger partial charge < -0.3 is 5.32 Å². The van der Waals surface area contributed by atoms with Gasteiger partial charge in [-0.25, -0.2) is 22.2 Å². The number of anilines is 1. The van der Waals surface area contributed by atoms with Gasteiger partial charge in [0, 0.05) is 17.1 Å². The van der Waals surface area contributed by atoms with Gasteiger partial charge in [-0.15, -0.1) is 11.3 Å². The van der Waals surface area contributed by atoms with E-state index in [0.717, 1.165) is 15.9 Å². The summed E-state index contributed by atoms with van der Waals surface area (Å²) in [5, 5.41) is 8.13. The van der Waals surface area contributed by atoms with Crippen molar-refractivity contribution in [2.75, 3.05) is 5.32 Å². The summed E-state index contributed by atoms with van der Waals surface area (Å²) in [6, 6.07) is 13.5. The van der Waals surface area contributed by atoms with E-state index in [-0.39, 0.29) is 22.7 Å². The number of thiophene rings is 1. The molecule has 0 atom stereocenters. The molecule has 0 radical (unpaired) electrons. The van der Waals surface area contributed by atoms with Gasteiger partial charge >= 0.3 is 0 Å². The highest BCUT2D eigenvalue weighted by atomic mass is 32.2. The molecular formula is C22H21FN4O3S2. The van der Waals surface area contributed by atoms with Crippen LogP contribution in [0.1, 0.15) is 29.2 Å². The van der Waals surface area contributed by atoms with Crippen molar-refractivity contribution in [2.24, 2.45) is 0 Å². The third kappa shape index (κ3) is 4.43. The number of rotatable bonds is 6. The number of benzene rings is 2. The molecule has 32 heavy (non-hydrogen) atoms. The van der Waals surface area contributed by atoms with Gasteiger partial charge in [-0.3, -0.25) is 4.79 Å². The predicted molar refractivity (Wildman–Crippen MR) is 123 cm³/mol. The Hall–Kier alpha value is -3.08. The number of nitrogens with one attached hydrogen (secondary N) is 2. The first-order valence-electron chi connectivity index (χ1n) is 9.83. The average molecular weight is 473 g/mol. The first-order chi connectivity index (χ1) is 15.1. The molecule has 0 bridgehead atoms. The maximum absolute atomic E-state index is 13.3. The van der Waals surface area contributed by atoms with Gasteiger partial charge in [0.25, 0.3) is 5.91 Å². The minimum atomic E-state index is -3.60. The molecule has 7 nitrogen and oxygen atoms in total. The molecule has 0 spiro atoms. The molecule has 2 aromatic carbocycles. The zero-order chi connectivity index (χ0) is 23.0. The lowest BCUT2D eigenvalue weighted by Crippen LogP contribution is -2.30. The first-order valence-corrected chi connectivity index (χ1v) is 12.1. The minimum absolute atomic E-state index is 0.126. The number of carbonyl (C=O) groups excluding carboxylic acids is 1. The molecule has 1 amide bonds. The van der Waals surface area contributed by atoms with Gasteiger partial charge in [0.05, 0.1) is 21.2 Å². The Bertz CT molecular complexity index is 1390. The normalized spacial score (nSPS) is 11.9. The van der Waals surface area contributed by atoms with Crippen LogP contribution in [-0.2, 0) is 10.0 Å². The van der Waals surface area contributed by atoms with Gasteiger partial charge in [0.2, 0.25) is 10.0 Å². The van der Waals surface area contributed by atoms with Crippen LogP contribution in [0.3, 0.4) is 0 Å². The highest BCUT2D eigenvalue weighted by molar-refractivity contribution is 7.89. The zero-order valence-electron chi connectivity index (χ0n) is 17.6. The second kappa shape index (κ2) is 8.45. The van der Waals surface area contributed by atoms with E-state index in [9.17, 15) is 17.6 Å². The summed E-state index contributed by atoms with van der Waals surface area (Å²) in [6.45, 7) is 5.34. The van der Waals surface area contributed by atoms with Crippen molar-refractivity contribution in [3.05, 3.63) is 71.0 Å². The molecule has 10 heteroatoms. The summed E-state index contributed by atoms with van der Waals surface area (Å²) < 4.78 is 42.0. The molecular weight excluding hydrogens is 451 g/mol. The number of amides is 1. The Labute approximate surface area is 188 Å². The van der Waals surface area contributed by atoms with Crippen molar-refractivity contribution in [1.29, 1.82) is 0 Å². The van der Waals surface area contributed by atoms with Crippen LogP contribution in [0.25, 0.3) is 15.9 Å². The number of fused-ring (bicyclic) bond motifs is 1. The number of halogens is 1. The highest BCUT2D eigenvalue weighted by Gasteiger charge is 2.18. The number of nitrogens with zero attached hydrogens (tertiary/aromatic N) is 2. The van der Waals surface area contributed by atoms with E-state index >= 15 is 0 Å². The molecule has 0 saturated carbocycles. The summed E-state index contributed by atoms with van der Waals surface area (Å²) in [5.41, 5.74) is 1.93. The third-order valence-electron chi connectivity index (χ3n) is 4.65. The first kappa shape index (κ1) is 22.1. The van der Waals surface area contributed by atoms with Gasteiger partial charge in [-0.1, -0.05) is 0 Å². The average Bonchev–Trinajstić information content (AvgIpc) is 3.29. The predicted octanol–water partition coefficient (Wildman–Crippen LogP) is 4.47. The molecule has 0 unspecified atom stereocenters. The minimum Gasteiger partial charge on any atom is -0.321 e. The number of hydrogen-bond donors (Lipinski definition) is 2. The molecule has 0 aliphatic carbocycles. The van der Waals surface area contributed by atoms with E-state index in [2.05, 4.69) is 15.1 Å². The Morgan fingerprint density at radius 1 is 1.09 bits per heavy atom. The van der Waals surface area contributed by atoms with Crippen molar-refractivity contribution in [2.45, 2.75) is 31.7 Å². The summed E-state index contributed by atoms with van der Waals surface area (Å²) >= 11 is 1.27. The monoisotopic (exact) mass is 472 g/mol. The Morgan fingerprint density at radius 2 is 1.75 bits per heavy atom. The maximum Gasteiger partial charge on any atom is 0.265 e. The van der Waals surface area contributed by atoms with Crippen molar-refractivity contribution in [3.8, 4) is 5.69 Å². The lowest BCUT2D eigenvalue weighted by atomic mass is 10.3. The number of hydrogen-bond acceptors (Lipinski definition) is 5. The van der Waals surface area contributed by atoms with Crippen LogP contribution in [0.5, 0.6) is 0 Å². The number of carbonyl (C=O) groups is 1. The van der Waals surface area contributed by atoms with Crippen molar-refractivity contribution in [3.63, 3.8) is 0 Å². The molecule has 4 aromatic rings. The fraction of sp³-hybridized carbons (Fsp3) is 0.182. The quantitative estimate of drug-likeness (QED) is 0.433. The van der Waals surface area contributed by atoms with Crippen LogP contribution < -0.4 is 10.0 Å². The maximum atomic E-state index is 13.3. The number of sulfonamides is 1. The fourth-order valence-corrected chi connectivity index (χ4v) is 5.53. The largest absolute Gasteiger partial charge is 0.321 e. The van der Waals surface area contributed by atoms with Crippen LogP contribution in [-0.4, -0.2) is 30.1 Å². The SMILES string of the molecule is Cc1nn(-c2ccc(F)cc2)c2sc(C(=O)Nc3ccc(S(=O)(=O)NC(C)C)cc3)cc12. The lowest BCUT2D eigenvalue weighted by Gasteiger charge is -2.10. The summed E-state index contributed by atoms with van der Waals surface area (Å²) in [7, 11) is -3.60. The Balaban J connectivity index is 1.57. The molecule has 0 aliphatic rings. The topological polar surface area (TPSA) is 93.1 Å². The molecule has 166 valence electrons. The van der Waals surface area contributed by atoms with Crippen molar-refractivity contribution in [1.82, 2.24) is 14.5 Å². The van der Waals surface area contributed by atoms with E-state index in [0.29, 0.717) is 16.3 Å². The van der Waals surface area contributed by atoms with Crippen molar-refractivity contribution >= 4 is 43.2 Å². The van der Waals surface area contributed by atoms with Gasteiger partial charge in [0.1, 0.15) is 10.6 Å². The van der Waals surface area contributed by atoms with Gasteiger partial charge in [-0.05, 0) is 75.4 Å². The van der Waals surface area contributed by atoms with Gasteiger partial charge in [-0.2, -0.15) is 5.10 Å². The molecule has 0 aliphatic heterocycles. The summed E-state index contributed by atoms with van der Waals surface area (Å²) in [5.74, 6) is -0.647. The third-order valence-corrected chi connectivity index (χ3v) is 7.44. The molecule has 2 heterocycles. The lowest BCUT2D eigenvalue weighted by molar-refractivity contribution is 0.103. The van der Waals surface area contributed by atoms with Crippen molar-refractivity contribution < 1.29 is 17.6 Å². The number of aromatic nitrogens is 2. The van der Waals surface area contributed by atoms with Crippen LogP contribution in [0.4, 0.5) is 10.1 Å². The number of aryl methyl sites for hydroxylation is 1. The molecule has 2 aromatic heterocycles. The zero-order valence-corrected chi connectivity index (χ0v) is 19.2. The molecule has 2 N–H and O–H groups in total. The van der Waals surface area contributed by atoms with Crippen LogP contribution in [0, 0.1) is 12.7 Å². The Kier molecular flexibility index (Phi) is 5.85. The summed E-state index contributed by atoms with van der Waals surface area (Å²) in [6.07, 6.45) is 0. The molecule has 0 fully saturated rings. The molecule has 0 saturated heterocycles. The van der Waals surface area contributed by atoms with E-state index in [1.807, 2.05) is 6.92 Å². The van der Waals surface area contributed by atoms with Gasteiger partial charge in [0.15, 0.2) is 0 Å². The summed E-state index contributed by atoms with van der Waals surface area (Å²) in [4.78, 5) is 14.2. The van der Waals surface area contributed by atoms with E-state index in [4.69, 9.17) is 0 Å². The Morgan fingerprint density at radius 3 is 2.38 bits per heavy atom. The van der Waals surface area contributed by atoms with E-state index in [1.165, 1.54) is 35.6 Å². The van der Waals surface area contributed by atoms with E-state index < -0.39 is 10.0 Å². The second-order valence-electron chi connectivity index (χ2n) is 7.56. The highest BCUT2D eigenvalue weighted by Crippen LogP contribution is 2.31. The second-order valence-corrected chi connectivity index (χ2v) is 10.3. The van der Waals surface area contributed by atoms with Crippen LogP contribution in [0.15, 0.2) is 59.5 Å².